The lowest BCUT2D eigenvalue weighted by molar-refractivity contribution is 0.0525. The van der Waals surface area contributed by atoms with E-state index in [1.807, 2.05) is 4.90 Å². The number of ether oxygens (including phenoxy) is 1. The van der Waals surface area contributed by atoms with Crippen LogP contribution in [-0.2, 0) is 10.2 Å². The van der Waals surface area contributed by atoms with E-state index in [-0.39, 0.29) is 11.5 Å². The summed E-state index contributed by atoms with van der Waals surface area (Å²) in [5.41, 5.74) is -0.336. The molecule has 2 atom stereocenters. The molecule has 0 N–H and O–H groups in total. The lowest BCUT2D eigenvalue weighted by atomic mass is 9.76. The van der Waals surface area contributed by atoms with Gasteiger partial charge >= 0.3 is 0 Å². The van der Waals surface area contributed by atoms with Crippen LogP contribution in [0.15, 0.2) is 16.9 Å². The molecule has 2 aromatic rings. The van der Waals surface area contributed by atoms with E-state index >= 15 is 0 Å². The van der Waals surface area contributed by atoms with Crippen LogP contribution in [0.25, 0.3) is 0 Å². The fraction of sp³-hybridized carbons (Fsp3) is 0.571. The number of aryl methyl sites for hydroxylation is 1. The summed E-state index contributed by atoms with van der Waals surface area (Å²) in [5.74, 6) is 1.30. The Kier molecular flexibility index (Phi) is 3.07. The van der Waals surface area contributed by atoms with Gasteiger partial charge in [-0.25, -0.2) is 14.4 Å². The van der Waals surface area contributed by atoms with Gasteiger partial charge in [-0.3, -0.25) is 0 Å². The van der Waals surface area contributed by atoms with E-state index in [0.717, 1.165) is 19.4 Å². The number of hydrogen-bond donors (Lipinski definition) is 0. The van der Waals surface area contributed by atoms with Gasteiger partial charge in [-0.15, -0.1) is 0 Å². The van der Waals surface area contributed by atoms with Gasteiger partial charge in [-0.2, -0.15) is 4.98 Å². The van der Waals surface area contributed by atoms with Gasteiger partial charge in [-0.05, 0) is 19.8 Å². The number of halogens is 1. The molecule has 4 heterocycles. The molecule has 0 unspecified atom stereocenters. The Balaban J connectivity index is 1.68. The zero-order valence-electron chi connectivity index (χ0n) is 12.2. The van der Waals surface area contributed by atoms with E-state index in [1.54, 1.807) is 6.92 Å². The third kappa shape index (κ3) is 2.06. The standard InChI is InChI=1S/C14H16FN5O2/c1-9-18-12(22-19-9)14-3-5-21-11(14)2-4-20(8-14)13-16-6-10(15)7-17-13/h6-7,11H,2-5,8H2,1H3/t11-,14-/m1/s1. The molecule has 0 bridgehead atoms. The zero-order chi connectivity index (χ0) is 15.2. The number of fused-ring (bicyclic) bond motifs is 1. The van der Waals surface area contributed by atoms with Crippen LogP contribution in [0, 0.1) is 12.7 Å². The molecule has 0 saturated carbocycles. The molecule has 8 heteroatoms. The summed E-state index contributed by atoms with van der Waals surface area (Å²) in [6.07, 6.45) is 4.06. The molecule has 22 heavy (non-hydrogen) atoms. The molecule has 2 fully saturated rings. The Morgan fingerprint density at radius 3 is 2.91 bits per heavy atom. The molecule has 2 aliphatic heterocycles. The van der Waals surface area contributed by atoms with Crippen molar-refractivity contribution in [2.24, 2.45) is 0 Å². The van der Waals surface area contributed by atoms with Crippen molar-refractivity contribution >= 4 is 5.95 Å². The molecule has 2 aliphatic rings. The van der Waals surface area contributed by atoms with Crippen molar-refractivity contribution in [2.75, 3.05) is 24.6 Å². The third-order valence-corrected chi connectivity index (χ3v) is 4.46. The van der Waals surface area contributed by atoms with Crippen LogP contribution in [0.3, 0.4) is 0 Å². The van der Waals surface area contributed by atoms with Crippen molar-refractivity contribution in [1.82, 2.24) is 20.1 Å². The summed E-state index contributed by atoms with van der Waals surface area (Å²) in [6.45, 7) is 3.86. The van der Waals surface area contributed by atoms with E-state index in [0.29, 0.717) is 30.8 Å². The number of rotatable bonds is 2. The smallest absolute Gasteiger partial charge is 0.237 e. The Morgan fingerprint density at radius 1 is 1.36 bits per heavy atom. The highest BCUT2D eigenvalue weighted by Crippen LogP contribution is 2.43. The van der Waals surface area contributed by atoms with Gasteiger partial charge in [0.25, 0.3) is 0 Å². The first kappa shape index (κ1) is 13.6. The van der Waals surface area contributed by atoms with Gasteiger partial charge in [0.05, 0.1) is 23.9 Å². The fourth-order valence-electron chi connectivity index (χ4n) is 3.39. The summed E-state index contributed by atoms with van der Waals surface area (Å²) in [4.78, 5) is 14.6. The van der Waals surface area contributed by atoms with Gasteiger partial charge in [0, 0.05) is 19.7 Å². The van der Waals surface area contributed by atoms with E-state index in [1.165, 1.54) is 12.4 Å². The van der Waals surface area contributed by atoms with Gasteiger partial charge in [0.15, 0.2) is 11.6 Å². The lowest BCUT2D eigenvalue weighted by Gasteiger charge is -2.41. The fourth-order valence-corrected chi connectivity index (χ4v) is 3.39. The summed E-state index contributed by atoms with van der Waals surface area (Å²) < 4.78 is 24.3. The first-order chi connectivity index (χ1) is 10.7. The number of hydrogen-bond acceptors (Lipinski definition) is 7. The molecule has 0 spiro atoms. The summed E-state index contributed by atoms with van der Waals surface area (Å²) in [6, 6.07) is 0. The molecular formula is C14H16FN5O2. The molecular weight excluding hydrogens is 289 g/mol. The predicted octanol–water partition coefficient (Wildman–Crippen LogP) is 1.24. The number of piperidine rings is 1. The van der Waals surface area contributed by atoms with Gasteiger partial charge in [-0.1, -0.05) is 5.16 Å². The minimum atomic E-state index is -0.440. The number of nitrogens with zero attached hydrogens (tertiary/aromatic N) is 5. The normalized spacial score (nSPS) is 27.9. The summed E-state index contributed by atoms with van der Waals surface area (Å²) >= 11 is 0. The SMILES string of the molecule is Cc1noc([C@@]23CCO[C@@H]2CCN(c2ncc(F)cn2)C3)n1. The molecule has 7 nitrogen and oxygen atoms in total. The topological polar surface area (TPSA) is 77.2 Å². The van der Waals surface area contributed by atoms with Crippen LogP contribution in [0.5, 0.6) is 0 Å². The van der Waals surface area contributed by atoms with Crippen molar-refractivity contribution < 1.29 is 13.7 Å². The highest BCUT2D eigenvalue weighted by molar-refractivity contribution is 5.34. The molecule has 0 aromatic carbocycles. The maximum absolute atomic E-state index is 13.0. The van der Waals surface area contributed by atoms with Gasteiger partial charge < -0.3 is 14.2 Å². The van der Waals surface area contributed by atoms with Crippen molar-refractivity contribution in [1.29, 1.82) is 0 Å². The van der Waals surface area contributed by atoms with Crippen LogP contribution in [-0.4, -0.2) is 45.9 Å². The largest absolute Gasteiger partial charge is 0.377 e. The second-order valence-corrected chi connectivity index (χ2v) is 5.82. The highest BCUT2D eigenvalue weighted by atomic mass is 19.1. The van der Waals surface area contributed by atoms with Crippen LogP contribution in [0.2, 0.25) is 0 Å². The van der Waals surface area contributed by atoms with Crippen molar-refractivity contribution in [3.05, 3.63) is 29.9 Å². The van der Waals surface area contributed by atoms with Crippen LogP contribution in [0.1, 0.15) is 24.6 Å². The molecule has 116 valence electrons. The number of aromatic nitrogens is 4. The monoisotopic (exact) mass is 305 g/mol. The first-order valence-electron chi connectivity index (χ1n) is 7.32. The number of anilines is 1. The average Bonchev–Trinajstić information content (AvgIpc) is 3.14. The highest BCUT2D eigenvalue weighted by Gasteiger charge is 2.53. The van der Waals surface area contributed by atoms with E-state index in [4.69, 9.17) is 9.26 Å². The quantitative estimate of drug-likeness (QED) is 0.826. The molecule has 2 saturated heterocycles. The second kappa shape index (κ2) is 4.98. The average molecular weight is 305 g/mol. The van der Waals surface area contributed by atoms with Gasteiger partial charge in [0.1, 0.15) is 0 Å². The van der Waals surface area contributed by atoms with E-state index in [2.05, 4.69) is 20.1 Å². The second-order valence-electron chi connectivity index (χ2n) is 5.82. The summed E-state index contributed by atoms with van der Waals surface area (Å²) in [5, 5.41) is 3.92. The zero-order valence-corrected chi connectivity index (χ0v) is 12.2. The first-order valence-corrected chi connectivity index (χ1v) is 7.32. The summed E-state index contributed by atoms with van der Waals surface area (Å²) in [7, 11) is 0. The lowest BCUT2D eigenvalue weighted by Crippen LogP contribution is -2.53. The maximum atomic E-state index is 13.0. The van der Waals surface area contributed by atoms with E-state index < -0.39 is 5.82 Å². The van der Waals surface area contributed by atoms with Crippen LogP contribution < -0.4 is 4.90 Å². The molecule has 2 aromatic heterocycles. The van der Waals surface area contributed by atoms with Gasteiger partial charge in [0.2, 0.25) is 11.8 Å². The maximum Gasteiger partial charge on any atom is 0.237 e. The molecule has 0 radical (unpaired) electrons. The predicted molar refractivity (Wildman–Crippen MR) is 73.9 cm³/mol. The minimum Gasteiger partial charge on any atom is -0.377 e. The Morgan fingerprint density at radius 2 is 2.18 bits per heavy atom. The van der Waals surface area contributed by atoms with Crippen molar-refractivity contribution in [3.63, 3.8) is 0 Å². The molecule has 0 aliphatic carbocycles. The third-order valence-electron chi connectivity index (χ3n) is 4.46. The Bertz CT molecular complexity index is 676. The van der Waals surface area contributed by atoms with Crippen molar-refractivity contribution in [3.8, 4) is 0 Å². The van der Waals surface area contributed by atoms with Crippen molar-refractivity contribution in [2.45, 2.75) is 31.3 Å². The van der Waals surface area contributed by atoms with Crippen LogP contribution in [0.4, 0.5) is 10.3 Å². The van der Waals surface area contributed by atoms with E-state index in [9.17, 15) is 4.39 Å². The Hall–Kier alpha value is -2.09. The minimum absolute atomic E-state index is 0.0593. The Labute approximate surface area is 126 Å². The molecule has 0 amide bonds. The molecule has 4 rings (SSSR count). The van der Waals surface area contributed by atoms with Crippen LogP contribution >= 0.6 is 0 Å².